The number of rotatable bonds is 7. The zero-order valence-electron chi connectivity index (χ0n) is 15.6. The minimum atomic E-state index is -3.77. The van der Waals surface area contributed by atoms with Gasteiger partial charge in [0.1, 0.15) is 5.75 Å². The lowest BCUT2D eigenvalue weighted by Crippen LogP contribution is -2.13. The number of ether oxygens (including phenoxy) is 1. The van der Waals surface area contributed by atoms with Crippen LogP contribution in [0, 0.1) is 0 Å². The first kappa shape index (κ1) is 20.1. The molecule has 0 saturated carbocycles. The van der Waals surface area contributed by atoms with Gasteiger partial charge in [-0.2, -0.15) is 0 Å². The Labute approximate surface area is 169 Å². The SMILES string of the molecule is COc1ccccc1NS(=O)(=O)c1ccc(/C=C/C(=O)Nc2cccnc2)cc1. The summed E-state index contributed by atoms with van der Waals surface area (Å²) in [6.07, 6.45) is 6.11. The summed E-state index contributed by atoms with van der Waals surface area (Å²) < 4.78 is 32.9. The van der Waals surface area contributed by atoms with Crippen LogP contribution < -0.4 is 14.8 Å². The number of carbonyl (C=O) groups is 1. The highest BCUT2D eigenvalue weighted by Crippen LogP contribution is 2.26. The fraction of sp³-hybridized carbons (Fsp3) is 0.0476. The van der Waals surface area contributed by atoms with Gasteiger partial charge >= 0.3 is 0 Å². The lowest BCUT2D eigenvalue weighted by atomic mass is 10.2. The van der Waals surface area contributed by atoms with E-state index in [2.05, 4.69) is 15.0 Å². The van der Waals surface area contributed by atoms with Crippen molar-refractivity contribution in [3.05, 3.63) is 84.7 Å². The third-order valence-corrected chi connectivity index (χ3v) is 5.28. The van der Waals surface area contributed by atoms with Crippen LogP contribution in [0.1, 0.15) is 5.56 Å². The van der Waals surface area contributed by atoms with Gasteiger partial charge in [-0.1, -0.05) is 24.3 Å². The molecule has 8 heteroatoms. The van der Waals surface area contributed by atoms with Crippen LogP contribution in [-0.2, 0) is 14.8 Å². The summed E-state index contributed by atoms with van der Waals surface area (Å²) in [6, 6.07) is 16.4. The van der Waals surface area contributed by atoms with Crippen molar-refractivity contribution in [3.8, 4) is 5.75 Å². The van der Waals surface area contributed by atoms with Crippen LogP contribution in [0.15, 0.2) is 84.0 Å². The maximum atomic E-state index is 12.6. The summed E-state index contributed by atoms with van der Waals surface area (Å²) in [5.41, 5.74) is 1.62. The fourth-order valence-electron chi connectivity index (χ4n) is 2.48. The molecule has 0 unspecified atom stereocenters. The summed E-state index contributed by atoms with van der Waals surface area (Å²) >= 11 is 0. The van der Waals surface area contributed by atoms with Crippen molar-refractivity contribution in [1.82, 2.24) is 4.98 Å². The Balaban J connectivity index is 1.68. The van der Waals surface area contributed by atoms with Crippen molar-refractivity contribution in [2.24, 2.45) is 0 Å². The van der Waals surface area contributed by atoms with E-state index in [1.807, 2.05) is 0 Å². The number of sulfonamides is 1. The quantitative estimate of drug-likeness (QED) is 0.582. The van der Waals surface area contributed by atoms with E-state index in [1.54, 1.807) is 67.0 Å². The Hall–Kier alpha value is -3.65. The Kier molecular flexibility index (Phi) is 6.25. The molecule has 0 aliphatic heterocycles. The number of nitrogens with zero attached hydrogens (tertiary/aromatic N) is 1. The van der Waals surface area contributed by atoms with E-state index in [9.17, 15) is 13.2 Å². The van der Waals surface area contributed by atoms with Crippen LogP contribution in [0.3, 0.4) is 0 Å². The number of hydrogen-bond acceptors (Lipinski definition) is 5. The van der Waals surface area contributed by atoms with Gasteiger partial charge in [-0.15, -0.1) is 0 Å². The second-order valence-corrected chi connectivity index (χ2v) is 7.62. The molecule has 2 aromatic carbocycles. The first-order valence-electron chi connectivity index (χ1n) is 8.63. The summed E-state index contributed by atoms with van der Waals surface area (Å²) in [5.74, 6) is 0.114. The number of methoxy groups -OCH3 is 1. The van der Waals surface area contributed by atoms with Gasteiger partial charge in [-0.05, 0) is 48.0 Å². The number of amides is 1. The predicted molar refractivity (Wildman–Crippen MR) is 112 cm³/mol. The second-order valence-electron chi connectivity index (χ2n) is 5.94. The summed E-state index contributed by atoms with van der Waals surface area (Å²) in [7, 11) is -2.30. The zero-order valence-corrected chi connectivity index (χ0v) is 16.4. The number of benzene rings is 2. The van der Waals surface area contributed by atoms with Crippen LogP contribution in [0.2, 0.25) is 0 Å². The Morgan fingerprint density at radius 1 is 1.03 bits per heavy atom. The Bertz CT molecular complexity index is 1110. The van der Waals surface area contributed by atoms with E-state index in [-0.39, 0.29) is 10.8 Å². The summed E-state index contributed by atoms with van der Waals surface area (Å²) in [5, 5.41) is 2.68. The van der Waals surface area contributed by atoms with Gasteiger partial charge in [0.05, 0.1) is 29.6 Å². The molecule has 0 atom stereocenters. The van der Waals surface area contributed by atoms with E-state index in [0.29, 0.717) is 22.7 Å². The Morgan fingerprint density at radius 3 is 2.48 bits per heavy atom. The molecule has 0 spiro atoms. The van der Waals surface area contributed by atoms with Crippen molar-refractivity contribution >= 4 is 33.4 Å². The smallest absolute Gasteiger partial charge is 0.262 e. The molecule has 148 valence electrons. The molecule has 0 saturated heterocycles. The highest BCUT2D eigenvalue weighted by Gasteiger charge is 2.16. The molecule has 1 aromatic heterocycles. The lowest BCUT2D eigenvalue weighted by Gasteiger charge is -2.11. The van der Waals surface area contributed by atoms with E-state index in [4.69, 9.17) is 4.74 Å². The van der Waals surface area contributed by atoms with Crippen molar-refractivity contribution in [2.45, 2.75) is 4.90 Å². The van der Waals surface area contributed by atoms with Crippen molar-refractivity contribution in [1.29, 1.82) is 0 Å². The Morgan fingerprint density at radius 2 is 1.79 bits per heavy atom. The summed E-state index contributed by atoms with van der Waals surface area (Å²) in [6.45, 7) is 0. The number of para-hydroxylation sites is 2. The first-order valence-corrected chi connectivity index (χ1v) is 10.1. The van der Waals surface area contributed by atoms with E-state index in [1.165, 1.54) is 25.3 Å². The first-order chi connectivity index (χ1) is 14.0. The fourth-order valence-corrected chi connectivity index (χ4v) is 3.55. The standard InChI is InChI=1S/C21H19N3O4S/c1-28-20-7-3-2-6-19(20)24-29(26,27)18-11-8-16(9-12-18)10-13-21(25)23-17-5-4-14-22-15-17/h2-15,24H,1H3,(H,23,25)/b13-10+. The van der Waals surface area contributed by atoms with Crippen molar-refractivity contribution < 1.29 is 17.9 Å². The predicted octanol–water partition coefficient (Wildman–Crippen LogP) is 3.54. The number of nitrogens with one attached hydrogen (secondary N) is 2. The highest BCUT2D eigenvalue weighted by molar-refractivity contribution is 7.92. The van der Waals surface area contributed by atoms with Gasteiger partial charge in [0, 0.05) is 12.3 Å². The number of pyridine rings is 1. The number of aromatic nitrogens is 1. The molecular weight excluding hydrogens is 390 g/mol. The summed E-state index contributed by atoms with van der Waals surface area (Å²) in [4.78, 5) is 15.9. The molecule has 1 heterocycles. The molecule has 2 N–H and O–H groups in total. The lowest BCUT2D eigenvalue weighted by molar-refractivity contribution is -0.111. The largest absolute Gasteiger partial charge is 0.495 e. The molecule has 7 nitrogen and oxygen atoms in total. The molecule has 0 bridgehead atoms. The normalized spacial score (nSPS) is 11.2. The molecule has 0 radical (unpaired) electrons. The number of hydrogen-bond donors (Lipinski definition) is 2. The van der Waals surface area contributed by atoms with Crippen LogP contribution in [0.5, 0.6) is 5.75 Å². The van der Waals surface area contributed by atoms with Gasteiger partial charge < -0.3 is 10.1 Å². The van der Waals surface area contributed by atoms with Gasteiger partial charge in [0.2, 0.25) is 5.91 Å². The molecular formula is C21H19N3O4S. The average Bonchev–Trinajstić information content (AvgIpc) is 2.73. The van der Waals surface area contributed by atoms with Gasteiger partial charge in [-0.25, -0.2) is 8.42 Å². The van der Waals surface area contributed by atoms with Crippen LogP contribution in [0.4, 0.5) is 11.4 Å². The third kappa shape index (κ3) is 5.43. The zero-order chi connectivity index (χ0) is 20.7. The monoisotopic (exact) mass is 409 g/mol. The minimum absolute atomic E-state index is 0.0976. The number of carbonyl (C=O) groups excluding carboxylic acids is 1. The molecule has 0 aliphatic carbocycles. The third-order valence-electron chi connectivity index (χ3n) is 3.90. The van der Waals surface area contributed by atoms with Crippen molar-refractivity contribution in [2.75, 3.05) is 17.1 Å². The maximum absolute atomic E-state index is 12.6. The van der Waals surface area contributed by atoms with E-state index in [0.717, 1.165) is 0 Å². The van der Waals surface area contributed by atoms with E-state index >= 15 is 0 Å². The molecule has 0 aliphatic rings. The van der Waals surface area contributed by atoms with Gasteiger partial charge in [0.15, 0.2) is 0 Å². The molecule has 3 aromatic rings. The molecule has 1 amide bonds. The highest BCUT2D eigenvalue weighted by atomic mass is 32.2. The van der Waals surface area contributed by atoms with Gasteiger partial charge in [-0.3, -0.25) is 14.5 Å². The van der Waals surface area contributed by atoms with Gasteiger partial charge in [0.25, 0.3) is 10.0 Å². The molecule has 29 heavy (non-hydrogen) atoms. The topological polar surface area (TPSA) is 97.4 Å². The second kappa shape index (κ2) is 9.03. The molecule has 3 rings (SSSR count). The molecule has 0 fully saturated rings. The van der Waals surface area contributed by atoms with Crippen LogP contribution in [0.25, 0.3) is 6.08 Å². The maximum Gasteiger partial charge on any atom is 0.262 e. The van der Waals surface area contributed by atoms with E-state index < -0.39 is 10.0 Å². The number of anilines is 2. The minimum Gasteiger partial charge on any atom is -0.495 e. The van der Waals surface area contributed by atoms with Crippen LogP contribution in [-0.4, -0.2) is 26.4 Å². The average molecular weight is 409 g/mol. The van der Waals surface area contributed by atoms with Crippen LogP contribution >= 0.6 is 0 Å². The van der Waals surface area contributed by atoms with Crippen molar-refractivity contribution in [3.63, 3.8) is 0 Å².